The Morgan fingerprint density at radius 2 is 2.31 bits per heavy atom. The molecule has 0 aromatic carbocycles. The molecule has 4 heteroatoms. The number of aliphatic hydroxyl groups excluding tert-OH is 1. The normalized spacial score (nSPS) is 14.9. The van der Waals surface area contributed by atoms with Crippen molar-refractivity contribution < 1.29 is 15.0 Å². The molecule has 4 nitrogen and oxygen atoms in total. The summed E-state index contributed by atoms with van der Waals surface area (Å²) in [5, 5.41) is 20.5. The van der Waals surface area contributed by atoms with Crippen LogP contribution in [-0.2, 0) is 4.79 Å². The van der Waals surface area contributed by atoms with Gasteiger partial charge < -0.3 is 15.5 Å². The Balaban J connectivity index is 3.50. The van der Waals surface area contributed by atoms with Crippen LogP contribution < -0.4 is 5.32 Å². The molecule has 0 radical (unpaired) electrons. The number of rotatable bonds is 7. The molecule has 76 valence electrons. The van der Waals surface area contributed by atoms with Gasteiger partial charge in [0.2, 0.25) is 0 Å². The SMILES string of the molecule is C=CCC(C)NCC(O)CC(=O)O. The van der Waals surface area contributed by atoms with Crippen LogP contribution in [0.5, 0.6) is 0 Å². The molecule has 0 saturated carbocycles. The molecule has 3 N–H and O–H groups in total. The first kappa shape index (κ1) is 12.1. The number of carboxylic acid groups (broad SMARTS) is 1. The van der Waals surface area contributed by atoms with Crippen molar-refractivity contribution in [1.29, 1.82) is 0 Å². The molecule has 0 aromatic heterocycles. The van der Waals surface area contributed by atoms with Gasteiger partial charge in [-0.2, -0.15) is 0 Å². The van der Waals surface area contributed by atoms with Gasteiger partial charge in [-0.3, -0.25) is 4.79 Å². The van der Waals surface area contributed by atoms with Crippen LogP contribution in [0.2, 0.25) is 0 Å². The van der Waals surface area contributed by atoms with Crippen LogP contribution >= 0.6 is 0 Å². The predicted molar refractivity (Wildman–Crippen MR) is 50.5 cm³/mol. The summed E-state index contributed by atoms with van der Waals surface area (Å²) in [4.78, 5) is 10.2. The lowest BCUT2D eigenvalue weighted by Crippen LogP contribution is -2.34. The molecule has 0 bridgehead atoms. The monoisotopic (exact) mass is 187 g/mol. The molecule has 0 aliphatic heterocycles. The molecule has 0 heterocycles. The second-order valence-corrected chi connectivity index (χ2v) is 3.09. The molecule has 0 aliphatic carbocycles. The van der Waals surface area contributed by atoms with Gasteiger partial charge in [0.05, 0.1) is 12.5 Å². The average Bonchev–Trinajstić information content (AvgIpc) is 2.00. The van der Waals surface area contributed by atoms with Gasteiger partial charge in [0, 0.05) is 12.6 Å². The standard InChI is InChI=1S/C9H17NO3/c1-3-4-7(2)10-6-8(11)5-9(12)13/h3,7-8,10-11H,1,4-6H2,2H3,(H,12,13). The molecule has 0 aromatic rings. The second-order valence-electron chi connectivity index (χ2n) is 3.09. The highest BCUT2D eigenvalue weighted by molar-refractivity contribution is 5.67. The summed E-state index contributed by atoms with van der Waals surface area (Å²) in [6.45, 7) is 5.84. The zero-order valence-electron chi connectivity index (χ0n) is 7.86. The highest BCUT2D eigenvalue weighted by Gasteiger charge is 2.09. The van der Waals surface area contributed by atoms with Gasteiger partial charge in [0.15, 0.2) is 0 Å². The maximum Gasteiger partial charge on any atom is 0.306 e. The third-order valence-corrected chi connectivity index (χ3v) is 1.63. The largest absolute Gasteiger partial charge is 0.481 e. The molecule has 2 atom stereocenters. The maximum atomic E-state index is 10.2. The summed E-state index contributed by atoms with van der Waals surface area (Å²) >= 11 is 0. The lowest BCUT2D eigenvalue weighted by atomic mass is 10.2. The summed E-state index contributed by atoms with van der Waals surface area (Å²) in [5.74, 6) is -0.981. The minimum absolute atomic E-state index is 0.214. The van der Waals surface area contributed by atoms with Crippen molar-refractivity contribution in [2.24, 2.45) is 0 Å². The number of carboxylic acids is 1. The highest BCUT2D eigenvalue weighted by Crippen LogP contribution is 1.94. The lowest BCUT2D eigenvalue weighted by molar-refractivity contribution is -0.139. The highest BCUT2D eigenvalue weighted by atomic mass is 16.4. The molecule has 2 unspecified atom stereocenters. The van der Waals surface area contributed by atoms with Crippen LogP contribution in [0.25, 0.3) is 0 Å². The Labute approximate surface area is 78.3 Å². The molecule has 0 amide bonds. The number of hydrogen-bond donors (Lipinski definition) is 3. The number of aliphatic carboxylic acids is 1. The van der Waals surface area contributed by atoms with E-state index >= 15 is 0 Å². The second kappa shape index (κ2) is 6.62. The summed E-state index contributed by atoms with van der Waals surface area (Å²) in [6.07, 6.45) is 1.55. The van der Waals surface area contributed by atoms with E-state index in [9.17, 15) is 4.79 Å². The Kier molecular flexibility index (Phi) is 6.18. The summed E-state index contributed by atoms with van der Waals surface area (Å²) in [6, 6.07) is 0.223. The van der Waals surface area contributed by atoms with Crippen molar-refractivity contribution in [3.8, 4) is 0 Å². The van der Waals surface area contributed by atoms with Gasteiger partial charge in [0.1, 0.15) is 0 Å². The van der Waals surface area contributed by atoms with Gasteiger partial charge in [-0.15, -0.1) is 6.58 Å². The van der Waals surface area contributed by atoms with E-state index in [1.165, 1.54) is 0 Å². The Morgan fingerprint density at radius 1 is 1.69 bits per heavy atom. The molecule has 0 fully saturated rings. The predicted octanol–water partition coefficient (Wildman–Crippen LogP) is 0.376. The van der Waals surface area contributed by atoms with Crippen molar-refractivity contribution in [2.75, 3.05) is 6.54 Å². The molecule has 0 spiro atoms. The van der Waals surface area contributed by atoms with E-state index in [4.69, 9.17) is 10.2 Å². The fraction of sp³-hybridized carbons (Fsp3) is 0.667. The number of carbonyl (C=O) groups is 1. The van der Waals surface area contributed by atoms with Crippen LogP contribution in [0.15, 0.2) is 12.7 Å². The average molecular weight is 187 g/mol. The minimum Gasteiger partial charge on any atom is -0.481 e. The molecular weight excluding hydrogens is 170 g/mol. The fourth-order valence-electron chi connectivity index (χ4n) is 0.944. The summed E-state index contributed by atoms with van der Waals surface area (Å²) in [5.41, 5.74) is 0. The first-order chi connectivity index (χ1) is 6.06. The van der Waals surface area contributed by atoms with Crippen molar-refractivity contribution in [3.05, 3.63) is 12.7 Å². The van der Waals surface area contributed by atoms with Gasteiger partial charge in [-0.25, -0.2) is 0 Å². The van der Waals surface area contributed by atoms with Crippen LogP contribution in [0.4, 0.5) is 0 Å². The molecule has 0 rings (SSSR count). The zero-order valence-corrected chi connectivity index (χ0v) is 7.86. The van der Waals surface area contributed by atoms with E-state index in [0.717, 1.165) is 6.42 Å². The van der Waals surface area contributed by atoms with E-state index in [1.807, 2.05) is 6.92 Å². The maximum absolute atomic E-state index is 10.2. The van der Waals surface area contributed by atoms with Crippen molar-refractivity contribution >= 4 is 5.97 Å². The first-order valence-electron chi connectivity index (χ1n) is 4.30. The lowest BCUT2D eigenvalue weighted by Gasteiger charge is -2.14. The van der Waals surface area contributed by atoms with E-state index in [0.29, 0.717) is 6.54 Å². The minimum atomic E-state index is -0.981. The van der Waals surface area contributed by atoms with Gasteiger partial charge in [-0.1, -0.05) is 6.08 Å². The number of hydrogen-bond acceptors (Lipinski definition) is 3. The quantitative estimate of drug-likeness (QED) is 0.504. The number of aliphatic hydroxyl groups is 1. The summed E-state index contributed by atoms with van der Waals surface area (Å²) in [7, 11) is 0. The fourth-order valence-corrected chi connectivity index (χ4v) is 0.944. The van der Waals surface area contributed by atoms with E-state index < -0.39 is 12.1 Å². The first-order valence-corrected chi connectivity index (χ1v) is 4.30. The van der Waals surface area contributed by atoms with E-state index in [1.54, 1.807) is 6.08 Å². The molecule has 13 heavy (non-hydrogen) atoms. The van der Waals surface area contributed by atoms with Crippen LogP contribution in [0, 0.1) is 0 Å². The van der Waals surface area contributed by atoms with Crippen molar-refractivity contribution in [3.63, 3.8) is 0 Å². The van der Waals surface area contributed by atoms with Crippen LogP contribution in [-0.4, -0.2) is 34.9 Å². The number of nitrogens with one attached hydrogen (secondary N) is 1. The van der Waals surface area contributed by atoms with Gasteiger partial charge in [-0.05, 0) is 13.3 Å². The molecular formula is C9H17NO3. The zero-order chi connectivity index (χ0) is 10.3. The Bertz CT molecular complexity index is 170. The van der Waals surface area contributed by atoms with Gasteiger partial charge >= 0.3 is 5.97 Å². The van der Waals surface area contributed by atoms with Gasteiger partial charge in [0.25, 0.3) is 0 Å². The topological polar surface area (TPSA) is 69.6 Å². The molecule has 0 aliphatic rings. The molecule has 0 saturated heterocycles. The third kappa shape index (κ3) is 7.49. The van der Waals surface area contributed by atoms with Crippen LogP contribution in [0.1, 0.15) is 19.8 Å². The van der Waals surface area contributed by atoms with E-state index in [2.05, 4.69) is 11.9 Å². The third-order valence-electron chi connectivity index (χ3n) is 1.63. The summed E-state index contributed by atoms with van der Waals surface area (Å²) < 4.78 is 0. The Morgan fingerprint density at radius 3 is 2.77 bits per heavy atom. The van der Waals surface area contributed by atoms with Crippen LogP contribution in [0.3, 0.4) is 0 Å². The van der Waals surface area contributed by atoms with E-state index in [-0.39, 0.29) is 12.5 Å². The van der Waals surface area contributed by atoms with Crippen molar-refractivity contribution in [1.82, 2.24) is 5.32 Å². The van der Waals surface area contributed by atoms with Crippen molar-refractivity contribution in [2.45, 2.75) is 31.9 Å². The Hall–Kier alpha value is -0.870. The smallest absolute Gasteiger partial charge is 0.306 e.